The second-order valence-electron chi connectivity index (χ2n) is 4.17. The average molecular weight is 179 g/mol. The third-order valence-electron chi connectivity index (χ3n) is 3.39. The van der Waals surface area contributed by atoms with Gasteiger partial charge in [0.2, 0.25) is 0 Å². The van der Waals surface area contributed by atoms with Crippen molar-refractivity contribution < 1.29 is 0 Å². The molecule has 13 heavy (non-hydrogen) atoms. The molecule has 0 fully saturated rings. The van der Waals surface area contributed by atoms with Crippen LogP contribution in [0.5, 0.6) is 0 Å². The van der Waals surface area contributed by atoms with Crippen LogP contribution in [-0.2, 0) is 0 Å². The van der Waals surface area contributed by atoms with Gasteiger partial charge in [0.25, 0.3) is 0 Å². The molecule has 0 aromatic carbocycles. The van der Waals surface area contributed by atoms with Crippen molar-refractivity contribution in [1.29, 1.82) is 0 Å². The van der Waals surface area contributed by atoms with Gasteiger partial charge < -0.3 is 5.32 Å². The van der Waals surface area contributed by atoms with Gasteiger partial charge in [0.15, 0.2) is 0 Å². The molecule has 2 atom stereocenters. The van der Waals surface area contributed by atoms with E-state index in [1.54, 1.807) is 0 Å². The highest BCUT2D eigenvalue weighted by Crippen LogP contribution is 2.33. The lowest BCUT2D eigenvalue weighted by atomic mass is 9.74. The number of nitrogens with one attached hydrogen (secondary N) is 1. The Morgan fingerprint density at radius 1 is 1.54 bits per heavy atom. The summed E-state index contributed by atoms with van der Waals surface area (Å²) in [6.45, 7) is 8.98. The smallest absolute Gasteiger partial charge is 0.0426 e. The molecule has 0 saturated heterocycles. The fourth-order valence-electron chi connectivity index (χ4n) is 2.18. The molecule has 1 aliphatic rings. The summed E-state index contributed by atoms with van der Waals surface area (Å²) in [6, 6.07) is 0. The van der Waals surface area contributed by atoms with E-state index in [4.69, 9.17) is 0 Å². The third-order valence-corrected chi connectivity index (χ3v) is 3.39. The van der Waals surface area contributed by atoms with Gasteiger partial charge in [0.05, 0.1) is 0 Å². The monoisotopic (exact) mass is 179 g/mol. The Balaban J connectivity index is 3.05. The minimum atomic E-state index is 0.161. The van der Waals surface area contributed by atoms with Crippen LogP contribution in [0.15, 0.2) is 23.3 Å². The highest BCUT2D eigenvalue weighted by atomic mass is 14.9. The molecule has 0 heterocycles. The molecular weight excluding hydrogens is 158 g/mol. The van der Waals surface area contributed by atoms with Crippen molar-refractivity contribution >= 4 is 0 Å². The van der Waals surface area contributed by atoms with E-state index in [1.165, 1.54) is 11.1 Å². The van der Waals surface area contributed by atoms with Crippen molar-refractivity contribution in [2.45, 2.75) is 39.7 Å². The zero-order valence-electron chi connectivity index (χ0n) is 9.44. The second-order valence-corrected chi connectivity index (χ2v) is 4.17. The van der Waals surface area contributed by atoms with E-state index < -0.39 is 0 Å². The number of hydrogen-bond acceptors (Lipinski definition) is 1. The Morgan fingerprint density at radius 2 is 2.15 bits per heavy atom. The Kier molecular flexibility index (Phi) is 2.97. The molecule has 0 unspecified atom stereocenters. The molecule has 74 valence electrons. The summed E-state index contributed by atoms with van der Waals surface area (Å²) in [7, 11) is 2.05. The van der Waals surface area contributed by atoms with Crippen molar-refractivity contribution in [2.24, 2.45) is 5.92 Å². The average Bonchev–Trinajstić information content (AvgIpc) is 2.11. The van der Waals surface area contributed by atoms with E-state index >= 15 is 0 Å². The molecule has 1 rings (SSSR count). The number of rotatable bonds is 2. The summed E-state index contributed by atoms with van der Waals surface area (Å²) < 4.78 is 0. The van der Waals surface area contributed by atoms with Crippen molar-refractivity contribution in [1.82, 2.24) is 5.32 Å². The summed E-state index contributed by atoms with van der Waals surface area (Å²) in [4.78, 5) is 0. The van der Waals surface area contributed by atoms with Crippen LogP contribution in [0.2, 0.25) is 0 Å². The minimum absolute atomic E-state index is 0.161. The fraction of sp³-hybridized carbons (Fsp3) is 0.667. The molecule has 0 aromatic heterocycles. The first-order valence-electron chi connectivity index (χ1n) is 5.13. The Hall–Kier alpha value is -0.560. The molecule has 0 aromatic rings. The van der Waals surface area contributed by atoms with E-state index in [1.807, 2.05) is 0 Å². The van der Waals surface area contributed by atoms with Gasteiger partial charge >= 0.3 is 0 Å². The molecule has 1 heteroatoms. The second kappa shape index (κ2) is 3.67. The lowest BCUT2D eigenvalue weighted by Gasteiger charge is -2.39. The molecule has 0 saturated carbocycles. The first kappa shape index (κ1) is 10.5. The van der Waals surface area contributed by atoms with Gasteiger partial charge in [0.1, 0.15) is 0 Å². The van der Waals surface area contributed by atoms with Crippen molar-refractivity contribution in [3.63, 3.8) is 0 Å². The van der Waals surface area contributed by atoms with Gasteiger partial charge in [-0.3, -0.25) is 0 Å². The van der Waals surface area contributed by atoms with Gasteiger partial charge in [0, 0.05) is 5.54 Å². The molecule has 0 aliphatic heterocycles. The predicted molar refractivity (Wildman–Crippen MR) is 58.8 cm³/mol. The molecule has 1 N–H and O–H groups in total. The molecule has 0 spiro atoms. The molecule has 1 nitrogen and oxygen atoms in total. The van der Waals surface area contributed by atoms with Crippen LogP contribution in [0.3, 0.4) is 0 Å². The summed E-state index contributed by atoms with van der Waals surface area (Å²) in [5.41, 5.74) is 3.08. The lowest BCUT2D eigenvalue weighted by molar-refractivity contribution is 0.348. The Morgan fingerprint density at radius 3 is 2.62 bits per heavy atom. The minimum Gasteiger partial charge on any atom is -0.310 e. The Labute approximate surface area is 81.9 Å². The summed E-state index contributed by atoms with van der Waals surface area (Å²) in [5, 5.41) is 3.44. The standard InChI is InChI=1S/C12H21N/c1-6-11-8-9(2)7-10(3)12(11,4)13-5/h7-8,10,13H,6H2,1-5H3/t10-,12+/m0/s1. The highest BCUT2D eigenvalue weighted by Gasteiger charge is 2.33. The van der Waals surface area contributed by atoms with Crippen LogP contribution in [0.25, 0.3) is 0 Å². The lowest BCUT2D eigenvalue weighted by Crippen LogP contribution is -2.48. The third kappa shape index (κ3) is 1.71. The van der Waals surface area contributed by atoms with E-state index in [2.05, 4.69) is 52.2 Å². The summed E-state index contributed by atoms with van der Waals surface area (Å²) in [5.74, 6) is 0.581. The van der Waals surface area contributed by atoms with Crippen LogP contribution in [0.4, 0.5) is 0 Å². The molecular formula is C12H21N. The van der Waals surface area contributed by atoms with E-state index in [0.29, 0.717) is 5.92 Å². The van der Waals surface area contributed by atoms with Crippen LogP contribution in [0, 0.1) is 5.92 Å². The van der Waals surface area contributed by atoms with Crippen molar-refractivity contribution in [3.05, 3.63) is 23.3 Å². The van der Waals surface area contributed by atoms with Gasteiger partial charge in [-0.05, 0) is 38.8 Å². The highest BCUT2D eigenvalue weighted by molar-refractivity contribution is 5.36. The SMILES string of the molecule is CCC1=CC(C)=C[C@H](C)[C@@]1(C)NC. The maximum Gasteiger partial charge on any atom is 0.0426 e. The largest absolute Gasteiger partial charge is 0.310 e. The summed E-state index contributed by atoms with van der Waals surface area (Å²) >= 11 is 0. The maximum atomic E-state index is 3.44. The van der Waals surface area contributed by atoms with Gasteiger partial charge in [-0.15, -0.1) is 0 Å². The van der Waals surface area contributed by atoms with E-state index in [-0.39, 0.29) is 5.54 Å². The number of likely N-dealkylation sites (N-methyl/N-ethyl adjacent to an activating group) is 1. The van der Waals surface area contributed by atoms with E-state index in [0.717, 1.165) is 6.42 Å². The number of allylic oxidation sites excluding steroid dienone is 2. The normalized spacial score (nSPS) is 34.1. The first-order valence-corrected chi connectivity index (χ1v) is 5.13. The quantitative estimate of drug-likeness (QED) is 0.687. The van der Waals surface area contributed by atoms with Crippen LogP contribution in [-0.4, -0.2) is 12.6 Å². The van der Waals surface area contributed by atoms with E-state index in [9.17, 15) is 0 Å². The Bertz CT molecular complexity index is 250. The fourth-order valence-corrected chi connectivity index (χ4v) is 2.18. The van der Waals surface area contributed by atoms with Crippen molar-refractivity contribution in [3.8, 4) is 0 Å². The molecule has 0 amide bonds. The van der Waals surface area contributed by atoms with Crippen molar-refractivity contribution in [2.75, 3.05) is 7.05 Å². The molecule has 0 bridgehead atoms. The molecule has 1 aliphatic carbocycles. The number of hydrogen-bond donors (Lipinski definition) is 1. The predicted octanol–water partition coefficient (Wildman–Crippen LogP) is 2.90. The van der Waals surface area contributed by atoms with Crippen LogP contribution in [0.1, 0.15) is 34.1 Å². The van der Waals surface area contributed by atoms with Gasteiger partial charge in [-0.2, -0.15) is 0 Å². The van der Waals surface area contributed by atoms with Crippen LogP contribution < -0.4 is 5.32 Å². The zero-order chi connectivity index (χ0) is 10.1. The summed E-state index contributed by atoms with van der Waals surface area (Å²) in [6.07, 6.45) is 5.79. The topological polar surface area (TPSA) is 12.0 Å². The van der Waals surface area contributed by atoms with Crippen LogP contribution >= 0.6 is 0 Å². The van der Waals surface area contributed by atoms with Gasteiger partial charge in [-0.25, -0.2) is 0 Å². The maximum absolute atomic E-state index is 3.44. The first-order chi connectivity index (χ1) is 6.04. The molecule has 0 radical (unpaired) electrons. The van der Waals surface area contributed by atoms with Gasteiger partial charge in [-0.1, -0.05) is 31.6 Å². The zero-order valence-corrected chi connectivity index (χ0v) is 9.44.